The van der Waals surface area contributed by atoms with Crippen LogP contribution in [0.25, 0.3) is 11.4 Å². The van der Waals surface area contributed by atoms with E-state index in [9.17, 15) is 4.79 Å². The lowest BCUT2D eigenvalue weighted by Gasteiger charge is -2.33. The third-order valence-corrected chi connectivity index (χ3v) is 7.04. The smallest absolute Gasteiger partial charge is 0.241 e. The molecule has 5 rings (SSSR count). The highest BCUT2D eigenvalue weighted by atomic mass is 32.1. The van der Waals surface area contributed by atoms with Crippen LogP contribution in [0.15, 0.2) is 57.1 Å². The normalized spacial score (nSPS) is 14.7. The maximum Gasteiger partial charge on any atom is 0.241 e. The van der Waals surface area contributed by atoms with E-state index in [1.807, 2.05) is 45.3 Å². The number of thiophene rings is 1. The Hall–Kier alpha value is -2.88. The molecule has 0 bridgehead atoms. The van der Waals surface area contributed by atoms with Crippen molar-refractivity contribution in [3.05, 3.63) is 74.7 Å². The van der Waals surface area contributed by atoms with Gasteiger partial charge in [-0.2, -0.15) is 16.3 Å². The van der Waals surface area contributed by atoms with Crippen LogP contribution in [0.3, 0.4) is 0 Å². The second kappa shape index (κ2) is 9.72. The van der Waals surface area contributed by atoms with Gasteiger partial charge in [0, 0.05) is 48.9 Å². The molecule has 0 spiro atoms. The van der Waals surface area contributed by atoms with Gasteiger partial charge in [-0.25, -0.2) is 4.98 Å². The van der Waals surface area contributed by atoms with Crippen LogP contribution in [0, 0.1) is 0 Å². The van der Waals surface area contributed by atoms with Crippen LogP contribution >= 0.6 is 22.7 Å². The van der Waals surface area contributed by atoms with E-state index in [1.165, 1.54) is 5.56 Å². The van der Waals surface area contributed by atoms with Crippen LogP contribution in [-0.4, -0.2) is 57.0 Å². The Bertz CT molecular complexity index is 1150. The third kappa shape index (κ3) is 5.12. The van der Waals surface area contributed by atoms with Crippen LogP contribution in [0.5, 0.6) is 0 Å². The van der Waals surface area contributed by atoms with Gasteiger partial charge in [0.05, 0.1) is 23.7 Å². The molecule has 1 fully saturated rings. The molecule has 1 amide bonds. The van der Waals surface area contributed by atoms with Crippen LogP contribution in [0.2, 0.25) is 0 Å². The van der Waals surface area contributed by atoms with Crippen molar-refractivity contribution in [3.8, 4) is 11.4 Å². The number of piperazine rings is 1. The Morgan fingerprint density at radius 3 is 2.66 bits per heavy atom. The fourth-order valence-corrected chi connectivity index (χ4v) is 5.19. The number of thiazole rings is 1. The molecule has 0 radical (unpaired) electrons. The van der Waals surface area contributed by atoms with Gasteiger partial charge < -0.3 is 9.42 Å². The average molecular weight is 466 g/mol. The van der Waals surface area contributed by atoms with Gasteiger partial charge in [0.15, 0.2) is 0 Å². The largest absolute Gasteiger partial charge is 0.340 e. The molecule has 0 atom stereocenters. The number of nitrogens with zero attached hydrogens (tertiary/aromatic N) is 5. The molecular formula is C23H23N5O2S2. The van der Waals surface area contributed by atoms with Crippen LogP contribution in [0.4, 0.5) is 0 Å². The molecule has 4 heterocycles. The Balaban J connectivity index is 1.09. The quantitative estimate of drug-likeness (QED) is 0.414. The molecule has 4 aromatic rings. The Labute approximate surface area is 194 Å². The summed E-state index contributed by atoms with van der Waals surface area (Å²) in [5.41, 5.74) is 3.08. The Morgan fingerprint density at radius 1 is 1.03 bits per heavy atom. The minimum Gasteiger partial charge on any atom is -0.340 e. The third-order valence-electron chi connectivity index (χ3n) is 5.46. The molecule has 0 N–H and O–H groups in total. The van der Waals surface area contributed by atoms with E-state index < -0.39 is 0 Å². The zero-order valence-electron chi connectivity index (χ0n) is 17.5. The van der Waals surface area contributed by atoms with Gasteiger partial charge in [-0.05, 0) is 17.0 Å². The number of aromatic nitrogens is 3. The number of carbonyl (C=O) groups excluding carboxylic acids is 1. The van der Waals surface area contributed by atoms with Gasteiger partial charge in [0.1, 0.15) is 0 Å². The molecule has 9 heteroatoms. The number of amides is 1. The van der Waals surface area contributed by atoms with E-state index in [0.717, 1.165) is 35.8 Å². The van der Waals surface area contributed by atoms with Crippen molar-refractivity contribution >= 4 is 28.6 Å². The monoisotopic (exact) mass is 465 g/mol. The molecule has 3 aromatic heterocycles. The zero-order valence-corrected chi connectivity index (χ0v) is 19.1. The van der Waals surface area contributed by atoms with E-state index in [4.69, 9.17) is 4.52 Å². The Kier molecular flexibility index (Phi) is 6.38. The summed E-state index contributed by atoms with van der Waals surface area (Å²) in [5, 5.41) is 11.1. The average Bonchev–Trinajstić information content (AvgIpc) is 3.57. The van der Waals surface area contributed by atoms with Crippen LogP contribution in [0.1, 0.15) is 22.2 Å². The first kappa shape index (κ1) is 21.0. The van der Waals surface area contributed by atoms with Crippen molar-refractivity contribution < 1.29 is 9.32 Å². The molecule has 0 saturated carbocycles. The summed E-state index contributed by atoms with van der Waals surface area (Å²) >= 11 is 3.23. The van der Waals surface area contributed by atoms with Gasteiger partial charge in [0.2, 0.25) is 17.6 Å². The molecule has 1 aliphatic rings. The molecule has 0 aliphatic carbocycles. The summed E-state index contributed by atoms with van der Waals surface area (Å²) in [6.45, 7) is 3.58. The fraction of sp³-hybridized carbons (Fsp3) is 0.304. The van der Waals surface area contributed by atoms with E-state index >= 15 is 0 Å². The van der Waals surface area contributed by atoms with Gasteiger partial charge in [-0.1, -0.05) is 35.5 Å². The lowest BCUT2D eigenvalue weighted by atomic mass is 10.2. The number of rotatable bonds is 7. The van der Waals surface area contributed by atoms with E-state index in [-0.39, 0.29) is 5.91 Å². The predicted octanol–water partition coefficient (Wildman–Crippen LogP) is 3.73. The lowest BCUT2D eigenvalue weighted by molar-refractivity contribution is -0.132. The van der Waals surface area contributed by atoms with Gasteiger partial charge in [-0.15, -0.1) is 11.3 Å². The van der Waals surface area contributed by atoms with Crippen molar-refractivity contribution in [2.24, 2.45) is 0 Å². The van der Waals surface area contributed by atoms with Crippen molar-refractivity contribution in [1.29, 1.82) is 0 Å². The molecule has 164 valence electrons. The molecule has 0 unspecified atom stereocenters. The minimum atomic E-state index is 0.138. The number of carbonyl (C=O) groups is 1. The molecule has 1 aromatic carbocycles. The second-order valence-electron chi connectivity index (χ2n) is 7.75. The summed E-state index contributed by atoms with van der Waals surface area (Å²) in [6, 6.07) is 12.3. The fourth-order valence-electron chi connectivity index (χ4n) is 3.72. The number of benzene rings is 1. The number of hydrogen-bond acceptors (Lipinski definition) is 8. The van der Waals surface area contributed by atoms with E-state index in [2.05, 4.69) is 32.2 Å². The van der Waals surface area contributed by atoms with Gasteiger partial charge in [-0.3, -0.25) is 9.69 Å². The maximum absolute atomic E-state index is 12.8. The van der Waals surface area contributed by atoms with Crippen molar-refractivity contribution in [2.45, 2.75) is 19.4 Å². The minimum absolute atomic E-state index is 0.138. The first-order valence-electron chi connectivity index (χ1n) is 10.6. The molecule has 1 aliphatic heterocycles. The summed E-state index contributed by atoms with van der Waals surface area (Å²) < 4.78 is 5.40. The van der Waals surface area contributed by atoms with Gasteiger partial charge >= 0.3 is 0 Å². The highest BCUT2D eigenvalue weighted by Gasteiger charge is 2.23. The standard InChI is InChI=1S/C23H23N5O2S2/c29-22(13-19-16-32-21(24-19)12-17-4-2-1-3-5-17)28-9-7-27(8-10-28)14-20-25-23(26-30-20)18-6-11-31-15-18/h1-6,11,15-16H,7-10,12-14H2. The van der Waals surface area contributed by atoms with Crippen molar-refractivity contribution in [1.82, 2.24) is 24.9 Å². The summed E-state index contributed by atoms with van der Waals surface area (Å²) in [7, 11) is 0. The molecule has 7 nitrogen and oxygen atoms in total. The number of hydrogen-bond donors (Lipinski definition) is 0. The topological polar surface area (TPSA) is 75.4 Å². The molecule has 1 saturated heterocycles. The zero-order chi connectivity index (χ0) is 21.8. The highest BCUT2D eigenvalue weighted by Crippen LogP contribution is 2.20. The van der Waals surface area contributed by atoms with Crippen LogP contribution < -0.4 is 0 Å². The summed E-state index contributed by atoms with van der Waals surface area (Å²) in [4.78, 5) is 26.1. The lowest BCUT2D eigenvalue weighted by Crippen LogP contribution is -2.48. The highest BCUT2D eigenvalue weighted by molar-refractivity contribution is 7.09. The molecular weight excluding hydrogens is 442 g/mol. The predicted molar refractivity (Wildman–Crippen MR) is 125 cm³/mol. The SMILES string of the molecule is O=C(Cc1csc(Cc2ccccc2)n1)N1CCN(Cc2nc(-c3ccsc3)no2)CC1. The molecule has 32 heavy (non-hydrogen) atoms. The first-order chi connectivity index (χ1) is 15.7. The van der Waals surface area contributed by atoms with Crippen molar-refractivity contribution in [2.75, 3.05) is 26.2 Å². The Morgan fingerprint density at radius 2 is 1.88 bits per heavy atom. The summed E-state index contributed by atoms with van der Waals surface area (Å²) in [5.74, 6) is 1.38. The summed E-state index contributed by atoms with van der Waals surface area (Å²) in [6.07, 6.45) is 1.17. The van der Waals surface area contributed by atoms with Crippen LogP contribution in [-0.2, 0) is 24.2 Å². The van der Waals surface area contributed by atoms with E-state index in [1.54, 1.807) is 22.7 Å². The van der Waals surface area contributed by atoms with Crippen molar-refractivity contribution in [3.63, 3.8) is 0 Å². The van der Waals surface area contributed by atoms with Gasteiger partial charge in [0.25, 0.3) is 0 Å². The second-order valence-corrected chi connectivity index (χ2v) is 9.48. The van der Waals surface area contributed by atoms with E-state index in [0.29, 0.717) is 37.8 Å². The first-order valence-corrected chi connectivity index (χ1v) is 12.4. The maximum atomic E-state index is 12.8.